The lowest BCUT2D eigenvalue weighted by Crippen LogP contribution is -2.13. The first-order chi connectivity index (χ1) is 8.61. The smallest absolute Gasteiger partial charge is 0.355 e. The van der Waals surface area contributed by atoms with Crippen LogP contribution in [0.15, 0.2) is 28.2 Å². The molecular formula is C13H14BrNO2S. The monoisotopic (exact) mass is 327 g/mol. The number of carbonyl (C=O) groups excluding carboxylic acids is 1. The third-order valence-electron chi connectivity index (χ3n) is 2.59. The second-order valence-corrected chi connectivity index (χ2v) is 6.45. The van der Waals surface area contributed by atoms with Gasteiger partial charge in [-0.05, 0) is 53.5 Å². The fourth-order valence-electron chi connectivity index (χ4n) is 1.80. The highest BCUT2D eigenvalue weighted by Gasteiger charge is 2.16. The number of ether oxygens (including phenoxy) is 1. The number of nitrogens with zero attached hydrogens (tertiary/aromatic N) is 1. The average molecular weight is 328 g/mol. The zero-order valence-electron chi connectivity index (χ0n) is 10.3. The summed E-state index contributed by atoms with van der Waals surface area (Å²) in [5, 5.41) is 0. The van der Waals surface area contributed by atoms with Crippen LogP contribution < -0.4 is 0 Å². The van der Waals surface area contributed by atoms with Gasteiger partial charge in [0, 0.05) is 11.1 Å². The van der Waals surface area contributed by atoms with E-state index in [0.717, 1.165) is 9.35 Å². The van der Waals surface area contributed by atoms with Crippen LogP contribution in [0.25, 0.3) is 0 Å². The van der Waals surface area contributed by atoms with Crippen molar-refractivity contribution >= 4 is 33.2 Å². The Morgan fingerprint density at radius 1 is 1.44 bits per heavy atom. The molecule has 5 heteroatoms. The third-order valence-corrected chi connectivity index (χ3v) is 4.20. The lowest BCUT2D eigenvalue weighted by Gasteiger charge is -2.08. The summed E-state index contributed by atoms with van der Waals surface area (Å²) in [6.07, 6.45) is 1.93. The molecular weight excluding hydrogens is 314 g/mol. The molecule has 0 aliphatic carbocycles. The molecule has 0 unspecified atom stereocenters. The highest BCUT2D eigenvalue weighted by atomic mass is 79.9. The van der Waals surface area contributed by atoms with Crippen LogP contribution in [0, 0.1) is 6.92 Å². The Balaban J connectivity index is 2.26. The van der Waals surface area contributed by atoms with Crippen molar-refractivity contribution in [2.24, 2.45) is 0 Å². The van der Waals surface area contributed by atoms with Crippen molar-refractivity contribution in [2.45, 2.75) is 20.4 Å². The molecule has 0 radical (unpaired) electrons. The molecule has 0 spiro atoms. The molecule has 2 aromatic rings. The van der Waals surface area contributed by atoms with E-state index in [1.807, 2.05) is 36.7 Å². The molecule has 0 N–H and O–H groups in total. The van der Waals surface area contributed by atoms with Crippen molar-refractivity contribution in [3.05, 3.63) is 44.3 Å². The Morgan fingerprint density at radius 3 is 2.83 bits per heavy atom. The maximum atomic E-state index is 11.9. The molecule has 0 aliphatic heterocycles. The Morgan fingerprint density at radius 2 is 2.22 bits per heavy atom. The SMILES string of the molecule is CCOC(=O)c1c(C)ccn1Cc1ccc(Br)s1. The van der Waals surface area contributed by atoms with Crippen molar-refractivity contribution < 1.29 is 9.53 Å². The van der Waals surface area contributed by atoms with Gasteiger partial charge in [-0.2, -0.15) is 0 Å². The highest BCUT2D eigenvalue weighted by Crippen LogP contribution is 2.24. The van der Waals surface area contributed by atoms with Gasteiger partial charge in [0.25, 0.3) is 0 Å². The Bertz CT molecular complexity index is 559. The van der Waals surface area contributed by atoms with Crippen LogP contribution >= 0.6 is 27.3 Å². The predicted octanol–water partition coefficient (Wildman–Crippen LogP) is 3.85. The summed E-state index contributed by atoms with van der Waals surface area (Å²) >= 11 is 5.11. The van der Waals surface area contributed by atoms with E-state index < -0.39 is 0 Å². The van der Waals surface area contributed by atoms with Crippen LogP contribution in [-0.4, -0.2) is 17.1 Å². The average Bonchev–Trinajstić information content (AvgIpc) is 2.87. The maximum Gasteiger partial charge on any atom is 0.355 e. The first-order valence-corrected chi connectivity index (χ1v) is 7.30. The molecule has 96 valence electrons. The summed E-state index contributed by atoms with van der Waals surface area (Å²) in [6, 6.07) is 6.01. The van der Waals surface area contributed by atoms with Crippen LogP contribution in [0.2, 0.25) is 0 Å². The van der Waals surface area contributed by atoms with E-state index in [1.54, 1.807) is 11.3 Å². The van der Waals surface area contributed by atoms with E-state index in [2.05, 4.69) is 22.0 Å². The standard InChI is InChI=1S/C13H14BrNO2S/c1-3-17-13(16)12-9(2)6-7-15(12)8-10-4-5-11(14)18-10/h4-7H,3,8H2,1-2H3. The molecule has 2 rings (SSSR count). The molecule has 0 saturated carbocycles. The van der Waals surface area contributed by atoms with E-state index in [-0.39, 0.29) is 5.97 Å². The molecule has 0 aliphatic rings. The van der Waals surface area contributed by atoms with E-state index in [4.69, 9.17) is 4.74 Å². The van der Waals surface area contributed by atoms with Gasteiger partial charge in [0.05, 0.1) is 16.9 Å². The lowest BCUT2D eigenvalue weighted by molar-refractivity contribution is 0.0513. The van der Waals surface area contributed by atoms with Crippen molar-refractivity contribution in [1.29, 1.82) is 0 Å². The minimum Gasteiger partial charge on any atom is -0.461 e. The number of esters is 1. The van der Waals surface area contributed by atoms with Crippen molar-refractivity contribution in [1.82, 2.24) is 4.57 Å². The molecule has 2 heterocycles. The normalized spacial score (nSPS) is 10.6. The number of carbonyl (C=O) groups is 1. The van der Waals surface area contributed by atoms with Crippen LogP contribution in [-0.2, 0) is 11.3 Å². The fraction of sp³-hybridized carbons (Fsp3) is 0.308. The summed E-state index contributed by atoms with van der Waals surface area (Å²) in [5.41, 5.74) is 1.59. The predicted molar refractivity (Wildman–Crippen MR) is 76.2 cm³/mol. The fourth-order valence-corrected chi connectivity index (χ4v) is 3.28. The van der Waals surface area contributed by atoms with E-state index in [9.17, 15) is 4.79 Å². The quantitative estimate of drug-likeness (QED) is 0.799. The molecule has 0 aromatic carbocycles. The Kier molecular flexibility index (Phi) is 4.24. The molecule has 0 saturated heterocycles. The van der Waals surface area contributed by atoms with E-state index >= 15 is 0 Å². The molecule has 0 atom stereocenters. The molecule has 0 amide bonds. The van der Waals surface area contributed by atoms with E-state index in [0.29, 0.717) is 18.8 Å². The van der Waals surface area contributed by atoms with Crippen molar-refractivity contribution in [3.8, 4) is 0 Å². The number of thiophene rings is 1. The van der Waals surface area contributed by atoms with Crippen LogP contribution in [0.3, 0.4) is 0 Å². The first-order valence-electron chi connectivity index (χ1n) is 5.69. The zero-order chi connectivity index (χ0) is 13.1. The van der Waals surface area contributed by atoms with Gasteiger partial charge in [-0.25, -0.2) is 4.79 Å². The number of rotatable bonds is 4. The number of halogens is 1. The lowest BCUT2D eigenvalue weighted by atomic mass is 10.3. The van der Waals surface area contributed by atoms with Crippen LogP contribution in [0.1, 0.15) is 27.9 Å². The van der Waals surface area contributed by atoms with Gasteiger partial charge in [-0.1, -0.05) is 0 Å². The highest BCUT2D eigenvalue weighted by molar-refractivity contribution is 9.11. The minimum absolute atomic E-state index is 0.254. The summed E-state index contributed by atoms with van der Waals surface area (Å²) in [4.78, 5) is 13.1. The third kappa shape index (κ3) is 2.84. The van der Waals surface area contributed by atoms with Gasteiger partial charge in [0.1, 0.15) is 5.69 Å². The number of aromatic nitrogens is 1. The second kappa shape index (κ2) is 5.71. The Labute approximate surface area is 119 Å². The summed E-state index contributed by atoms with van der Waals surface area (Å²) in [7, 11) is 0. The van der Waals surface area contributed by atoms with Gasteiger partial charge < -0.3 is 9.30 Å². The van der Waals surface area contributed by atoms with Gasteiger partial charge in [-0.3, -0.25) is 0 Å². The zero-order valence-corrected chi connectivity index (χ0v) is 12.7. The van der Waals surface area contributed by atoms with E-state index in [1.165, 1.54) is 4.88 Å². The van der Waals surface area contributed by atoms with Gasteiger partial charge in [-0.15, -0.1) is 11.3 Å². The van der Waals surface area contributed by atoms with Crippen molar-refractivity contribution in [2.75, 3.05) is 6.61 Å². The van der Waals surface area contributed by atoms with Gasteiger partial charge in [0.15, 0.2) is 0 Å². The molecule has 2 aromatic heterocycles. The minimum atomic E-state index is -0.254. The number of hydrogen-bond donors (Lipinski definition) is 0. The summed E-state index contributed by atoms with van der Waals surface area (Å²) < 4.78 is 8.12. The number of aryl methyl sites for hydroxylation is 1. The largest absolute Gasteiger partial charge is 0.461 e. The molecule has 0 fully saturated rings. The topological polar surface area (TPSA) is 31.2 Å². The van der Waals surface area contributed by atoms with Crippen molar-refractivity contribution in [3.63, 3.8) is 0 Å². The first kappa shape index (κ1) is 13.4. The second-order valence-electron chi connectivity index (χ2n) is 3.90. The number of hydrogen-bond acceptors (Lipinski definition) is 3. The molecule has 0 bridgehead atoms. The van der Waals surface area contributed by atoms with Gasteiger partial charge in [0.2, 0.25) is 0 Å². The molecule has 3 nitrogen and oxygen atoms in total. The molecule has 18 heavy (non-hydrogen) atoms. The maximum absolute atomic E-state index is 11.9. The summed E-state index contributed by atoms with van der Waals surface area (Å²) in [5.74, 6) is -0.254. The van der Waals surface area contributed by atoms with Gasteiger partial charge >= 0.3 is 5.97 Å². The van der Waals surface area contributed by atoms with Crippen LogP contribution in [0.5, 0.6) is 0 Å². The summed E-state index contributed by atoms with van der Waals surface area (Å²) in [6.45, 7) is 4.83. The van der Waals surface area contributed by atoms with Crippen LogP contribution in [0.4, 0.5) is 0 Å². The Hall–Kier alpha value is -1.07.